The highest BCUT2D eigenvalue weighted by atomic mass is 19.3. The van der Waals surface area contributed by atoms with E-state index in [-0.39, 0.29) is 36.8 Å². The fourth-order valence-electron chi connectivity index (χ4n) is 4.35. The fraction of sp³-hybridized carbons (Fsp3) is 0.600. The molecule has 3 aliphatic rings. The zero-order valence-corrected chi connectivity index (χ0v) is 16.6. The van der Waals surface area contributed by atoms with Crippen LogP contribution in [-0.4, -0.2) is 90.5 Å². The molecule has 3 saturated heterocycles. The molecule has 0 spiro atoms. The van der Waals surface area contributed by atoms with Crippen molar-refractivity contribution >= 4 is 17.6 Å². The van der Waals surface area contributed by atoms with Crippen LogP contribution >= 0.6 is 0 Å². The van der Waals surface area contributed by atoms with Gasteiger partial charge >= 0.3 is 6.03 Å². The molecule has 7 nitrogen and oxygen atoms in total. The normalized spacial score (nSPS) is 26.8. The minimum atomic E-state index is -2.78. The summed E-state index contributed by atoms with van der Waals surface area (Å²) in [5.74, 6) is -3.38. The Morgan fingerprint density at radius 2 is 1.73 bits per heavy atom. The van der Waals surface area contributed by atoms with Crippen molar-refractivity contribution in [2.45, 2.75) is 30.8 Å². The number of likely N-dealkylation sites (tertiary alicyclic amines) is 1. The van der Waals surface area contributed by atoms with Crippen LogP contribution in [0.25, 0.3) is 0 Å². The molecule has 0 aliphatic carbocycles. The van der Waals surface area contributed by atoms with Gasteiger partial charge in [0.15, 0.2) is 0 Å². The fourth-order valence-corrected chi connectivity index (χ4v) is 4.35. The summed E-state index contributed by atoms with van der Waals surface area (Å²) in [4.78, 5) is 30.1. The van der Waals surface area contributed by atoms with Gasteiger partial charge in [0.25, 0.3) is 5.92 Å². The van der Waals surface area contributed by atoms with Gasteiger partial charge in [0.2, 0.25) is 5.91 Å². The van der Waals surface area contributed by atoms with Gasteiger partial charge in [-0.25, -0.2) is 18.0 Å². The predicted molar refractivity (Wildman–Crippen MR) is 105 cm³/mol. The second-order valence-corrected chi connectivity index (χ2v) is 8.18. The van der Waals surface area contributed by atoms with Crippen LogP contribution in [0.3, 0.4) is 0 Å². The van der Waals surface area contributed by atoms with E-state index in [1.54, 1.807) is 4.90 Å². The van der Waals surface area contributed by atoms with Crippen molar-refractivity contribution in [1.82, 2.24) is 20.0 Å². The molecule has 2 N–H and O–H groups in total. The molecule has 3 heterocycles. The first-order valence-electron chi connectivity index (χ1n) is 10.3. The van der Waals surface area contributed by atoms with Gasteiger partial charge in [-0.3, -0.25) is 9.69 Å². The lowest BCUT2D eigenvalue weighted by Gasteiger charge is -2.37. The molecule has 3 amide bonds. The third-order valence-electron chi connectivity index (χ3n) is 6.10. The summed E-state index contributed by atoms with van der Waals surface area (Å²) in [6, 6.07) is 5.10. The van der Waals surface area contributed by atoms with Crippen LogP contribution in [0.5, 0.6) is 0 Å². The Morgan fingerprint density at radius 1 is 1.03 bits per heavy atom. The standard InChI is InChI=1S/C20H26F3N5O2/c21-14-1-3-15(4-2-14)25-19(30)27-9-7-26(8-10-27)16-11-17(24-12-16)18(29)28-6-5-20(22,23)13-28/h1-4,16-17,24H,5-13H2,(H,25,30)/t16-,17-/m0/s1. The lowest BCUT2D eigenvalue weighted by atomic mass is 10.1. The minimum absolute atomic E-state index is 0.108. The average Bonchev–Trinajstić information content (AvgIpc) is 3.36. The number of carbonyl (C=O) groups excluding carboxylic acids is 2. The Balaban J connectivity index is 1.23. The largest absolute Gasteiger partial charge is 0.335 e. The molecule has 2 atom stereocenters. The first-order valence-corrected chi connectivity index (χ1v) is 10.3. The summed E-state index contributed by atoms with van der Waals surface area (Å²) in [6.07, 6.45) is 0.319. The maximum atomic E-state index is 13.4. The summed E-state index contributed by atoms with van der Waals surface area (Å²) in [5.41, 5.74) is 0.540. The van der Waals surface area contributed by atoms with E-state index >= 15 is 0 Å². The second kappa shape index (κ2) is 8.43. The number of carbonyl (C=O) groups is 2. The highest BCUT2D eigenvalue weighted by Gasteiger charge is 2.43. The zero-order valence-electron chi connectivity index (χ0n) is 16.6. The van der Waals surface area contributed by atoms with E-state index in [9.17, 15) is 22.8 Å². The van der Waals surface area contributed by atoms with Gasteiger partial charge in [0.05, 0.1) is 12.6 Å². The highest BCUT2D eigenvalue weighted by molar-refractivity contribution is 5.89. The molecular weight excluding hydrogens is 399 g/mol. The van der Waals surface area contributed by atoms with Crippen molar-refractivity contribution in [2.75, 3.05) is 51.1 Å². The second-order valence-electron chi connectivity index (χ2n) is 8.18. The molecule has 0 saturated carbocycles. The average molecular weight is 425 g/mol. The van der Waals surface area contributed by atoms with Crippen molar-refractivity contribution in [1.29, 1.82) is 0 Å². The van der Waals surface area contributed by atoms with E-state index in [2.05, 4.69) is 15.5 Å². The number of anilines is 1. The summed E-state index contributed by atoms with van der Waals surface area (Å²) in [6.45, 7) is 2.67. The number of amides is 3. The number of rotatable bonds is 3. The maximum Gasteiger partial charge on any atom is 0.321 e. The molecular formula is C20H26F3N5O2. The third-order valence-corrected chi connectivity index (χ3v) is 6.10. The maximum absolute atomic E-state index is 13.4. The van der Waals surface area contributed by atoms with Crippen molar-refractivity contribution in [3.8, 4) is 0 Å². The van der Waals surface area contributed by atoms with Crippen LogP contribution in [0.2, 0.25) is 0 Å². The Hall–Kier alpha value is -2.33. The van der Waals surface area contributed by atoms with Gasteiger partial charge in [0.1, 0.15) is 5.82 Å². The van der Waals surface area contributed by atoms with Crippen molar-refractivity contribution in [3.63, 3.8) is 0 Å². The molecule has 164 valence electrons. The number of piperazine rings is 1. The van der Waals surface area contributed by atoms with E-state index in [0.717, 1.165) is 0 Å². The predicted octanol–water partition coefficient (Wildman–Crippen LogP) is 1.57. The van der Waals surface area contributed by atoms with Gasteiger partial charge in [-0.2, -0.15) is 0 Å². The number of nitrogens with one attached hydrogen (secondary N) is 2. The zero-order chi connectivity index (χ0) is 21.3. The van der Waals surface area contributed by atoms with Crippen LogP contribution in [-0.2, 0) is 4.79 Å². The number of alkyl halides is 2. The number of hydrogen-bond donors (Lipinski definition) is 2. The lowest BCUT2D eigenvalue weighted by Crippen LogP contribution is -2.53. The number of hydrogen-bond acceptors (Lipinski definition) is 4. The Bertz CT molecular complexity index is 783. The summed E-state index contributed by atoms with van der Waals surface area (Å²) >= 11 is 0. The van der Waals surface area contributed by atoms with Crippen molar-refractivity contribution in [2.24, 2.45) is 0 Å². The van der Waals surface area contributed by atoms with Gasteiger partial charge in [-0.05, 0) is 30.7 Å². The highest BCUT2D eigenvalue weighted by Crippen LogP contribution is 2.28. The SMILES string of the molecule is O=C(Nc1ccc(F)cc1)N1CCN([C@@H]2CN[C@H](C(=O)N3CCC(F)(F)C3)C2)CC1. The molecule has 0 radical (unpaired) electrons. The first-order chi connectivity index (χ1) is 14.3. The van der Waals surface area contributed by atoms with Crippen LogP contribution in [0.4, 0.5) is 23.7 Å². The van der Waals surface area contributed by atoms with Gasteiger partial charge in [0, 0.05) is 57.4 Å². The molecule has 4 rings (SSSR count). The molecule has 0 aromatic heterocycles. The summed E-state index contributed by atoms with van der Waals surface area (Å²) in [7, 11) is 0. The molecule has 1 aromatic rings. The van der Waals surface area contributed by atoms with Crippen LogP contribution in [0.1, 0.15) is 12.8 Å². The Kier molecular flexibility index (Phi) is 5.88. The summed E-state index contributed by atoms with van der Waals surface area (Å²) in [5, 5.41) is 5.94. The molecule has 1 aromatic carbocycles. The van der Waals surface area contributed by atoms with Crippen molar-refractivity contribution < 1.29 is 22.8 Å². The number of halogens is 3. The Morgan fingerprint density at radius 3 is 2.37 bits per heavy atom. The molecule has 0 bridgehead atoms. The summed E-state index contributed by atoms with van der Waals surface area (Å²) < 4.78 is 39.8. The Labute approximate surface area is 173 Å². The van der Waals surface area contributed by atoms with E-state index in [1.165, 1.54) is 29.2 Å². The molecule has 10 heteroatoms. The van der Waals surface area contributed by atoms with Crippen molar-refractivity contribution in [3.05, 3.63) is 30.1 Å². The minimum Gasteiger partial charge on any atom is -0.335 e. The quantitative estimate of drug-likeness (QED) is 0.772. The van der Waals surface area contributed by atoms with E-state index in [1.807, 2.05) is 0 Å². The lowest BCUT2D eigenvalue weighted by molar-refractivity contribution is -0.133. The number of nitrogens with zero attached hydrogens (tertiary/aromatic N) is 3. The van der Waals surface area contributed by atoms with Gasteiger partial charge < -0.3 is 20.4 Å². The van der Waals surface area contributed by atoms with Gasteiger partial charge in [-0.1, -0.05) is 0 Å². The van der Waals surface area contributed by atoms with Crippen LogP contribution in [0.15, 0.2) is 24.3 Å². The molecule has 30 heavy (non-hydrogen) atoms. The van der Waals surface area contributed by atoms with E-state index < -0.39 is 18.5 Å². The monoisotopic (exact) mass is 425 g/mol. The number of urea groups is 1. The van der Waals surface area contributed by atoms with Crippen LogP contribution in [0, 0.1) is 5.82 Å². The van der Waals surface area contributed by atoms with Crippen LogP contribution < -0.4 is 10.6 Å². The molecule has 3 aliphatic heterocycles. The van der Waals surface area contributed by atoms with Gasteiger partial charge in [-0.15, -0.1) is 0 Å². The topological polar surface area (TPSA) is 67.9 Å². The smallest absolute Gasteiger partial charge is 0.321 e. The molecule has 3 fully saturated rings. The third kappa shape index (κ3) is 4.70. The first kappa shape index (κ1) is 20.9. The number of benzene rings is 1. The van der Waals surface area contributed by atoms with E-state index in [4.69, 9.17) is 0 Å². The molecule has 0 unspecified atom stereocenters. The van der Waals surface area contributed by atoms with E-state index in [0.29, 0.717) is 44.8 Å².